The van der Waals surface area contributed by atoms with Gasteiger partial charge in [0.1, 0.15) is 18.6 Å². The van der Waals surface area contributed by atoms with E-state index in [1.54, 1.807) is 12.1 Å². The third-order valence-electron chi connectivity index (χ3n) is 8.30. The number of benzene rings is 1. The molecule has 5 N–H and O–H groups in total. The van der Waals surface area contributed by atoms with E-state index in [1.165, 1.54) is 6.92 Å². The van der Waals surface area contributed by atoms with Crippen LogP contribution < -0.4 is 26.6 Å². The van der Waals surface area contributed by atoms with Crippen molar-refractivity contribution in [2.45, 2.75) is 117 Å². The van der Waals surface area contributed by atoms with Crippen LogP contribution in [0.1, 0.15) is 72.8 Å². The number of halogens is 3. The Hall–Kier alpha value is -2.40. The van der Waals surface area contributed by atoms with Gasteiger partial charge in [-0.2, -0.15) is 13.2 Å². The molecule has 44 heavy (non-hydrogen) atoms. The number of hydrogen-bond acceptors (Lipinski definition) is 7. The summed E-state index contributed by atoms with van der Waals surface area (Å²) in [6, 6.07) is 4.43. The van der Waals surface area contributed by atoms with Crippen molar-refractivity contribution >= 4 is 17.3 Å². The lowest BCUT2D eigenvalue weighted by molar-refractivity contribution is -0.216. The number of rotatable bonds is 14. The van der Waals surface area contributed by atoms with E-state index in [0.717, 1.165) is 56.6 Å². The van der Waals surface area contributed by atoms with Crippen molar-refractivity contribution in [2.24, 2.45) is 11.8 Å². The van der Waals surface area contributed by atoms with Crippen molar-refractivity contribution in [3.8, 4) is 0 Å². The number of ether oxygens (including phenoxy) is 1. The third-order valence-corrected chi connectivity index (χ3v) is 8.30. The van der Waals surface area contributed by atoms with Gasteiger partial charge in [-0.1, -0.05) is 33.8 Å². The third kappa shape index (κ3) is 10.3. The highest BCUT2D eigenvalue weighted by molar-refractivity contribution is 5.96. The predicted molar refractivity (Wildman–Crippen MR) is 171 cm³/mol. The second-order valence-electron chi connectivity index (χ2n) is 12.5. The zero-order valence-corrected chi connectivity index (χ0v) is 27.4. The first-order chi connectivity index (χ1) is 20.9. The minimum absolute atomic E-state index is 0.218. The molecule has 2 saturated heterocycles. The van der Waals surface area contributed by atoms with Gasteiger partial charge in [0, 0.05) is 35.9 Å². The number of carbonyl (C=O) groups is 1. The highest BCUT2D eigenvalue weighted by Gasteiger charge is 2.53. The van der Waals surface area contributed by atoms with Gasteiger partial charge < -0.3 is 20.3 Å². The van der Waals surface area contributed by atoms with Crippen molar-refractivity contribution in [2.75, 3.05) is 30.3 Å². The molecule has 0 saturated carbocycles. The average Bonchev–Trinajstić information content (AvgIpc) is 3.37. The van der Waals surface area contributed by atoms with Crippen molar-refractivity contribution < 1.29 is 22.7 Å². The number of alkyl halides is 3. The van der Waals surface area contributed by atoms with E-state index in [2.05, 4.69) is 71.0 Å². The molecule has 0 radical (unpaired) electrons. The molecule has 7 unspecified atom stereocenters. The Bertz CT molecular complexity index is 1120. The summed E-state index contributed by atoms with van der Waals surface area (Å²) in [6.45, 7) is 17.4. The van der Waals surface area contributed by atoms with Gasteiger partial charge in [-0.05, 0) is 95.3 Å². The summed E-state index contributed by atoms with van der Waals surface area (Å²) in [5.74, 6) is 0.0944. The molecule has 3 rings (SSSR count). The first kappa shape index (κ1) is 36.1. The Balaban J connectivity index is 1.71. The first-order valence-corrected chi connectivity index (χ1v) is 16.1. The summed E-state index contributed by atoms with van der Waals surface area (Å²) in [5.41, 5.74) is 5.46. The fraction of sp³-hybridized carbons (Fsp3) is 0.697. The van der Waals surface area contributed by atoms with Gasteiger partial charge >= 0.3 is 6.18 Å². The predicted octanol–water partition coefficient (Wildman–Crippen LogP) is 5.73. The molecule has 2 fully saturated rings. The number of aryl methyl sites for hydroxylation is 1. The molecule has 0 aliphatic carbocycles. The van der Waals surface area contributed by atoms with Crippen LogP contribution in [0.4, 0.5) is 24.5 Å². The maximum absolute atomic E-state index is 13.5. The van der Waals surface area contributed by atoms with E-state index in [1.807, 2.05) is 26.0 Å². The van der Waals surface area contributed by atoms with Crippen LogP contribution in [0.25, 0.3) is 0 Å². The lowest BCUT2D eigenvalue weighted by Crippen LogP contribution is -2.59. The highest BCUT2D eigenvalue weighted by atomic mass is 19.4. The molecule has 8 nitrogen and oxygen atoms in total. The van der Waals surface area contributed by atoms with Crippen LogP contribution in [0.3, 0.4) is 0 Å². The summed E-state index contributed by atoms with van der Waals surface area (Å²) in [4.78, 5) is 15.5. The molecule has 2 aliphatic heterocycles. The Morgan fingerprint density at radius 2 is 2.00 bits per heavy atom. The summed E-state index contributed by atoms with van der Waals surface area (Å²) in [7, 11) is 0. The van der Waals surface area contributed by atoms with Gasteiger partial charge in [-0.3, -0.25) is 20.7 Å². The molecular formula is C33H53F3N6O2. The average molecular weight is 623 g/mol. The van der Waals surface area contributed by atoms with Crippen LogP contribution in [0.2, 0.25) is 0 Å². The van der Waals surface area contributed by atoms with E-state index in [-0.39, 0.29) is 18.2 Å². The van der Waals surface area contributed by atoms with Gasteiger partial charge in [-0.15, -0.1) is 5.73 Å². The molecule has 1 aromatic rings. The van der Waals surface area contributed by atoms with Gasteiger partial charge in [0.15, 0.2) is 6.10 Å². The smallest absolute Gasteiger partial charge is 0.357 e. The topological polar surface area (TPSA) is 89.7 Å². The Kier molecular flexibility index (Phi) is 13.8. The number of hydrogen-bond donors (Lipinski definition) is 5. The van der Waals surface area contributed by atoms with Gasteiger partial charge in [-0.25, -0.2) is 0 Å². The number of amides is 1. The largest absolute Gasteiger partial charge is 0.416 e. The number of anilines is 2. The van der Waals surface area contributed by atoms with Crippen LogP contribution in [-0.4, -0.2) is 73.4 Å². The summed E-state index contributed by atoms with van der Waals surface area (Å²) < 4.78 is 45.3. The van der Waals surface area contributed by atoms with Gasteiger partial charge in [0.05, 0.1) is 0 Å². The molecule has 0 spiro atoms. The number of nitrogens with one attached hydrogen (secondary N) is 5. The Labute approximate surface area is 261 Å². The lowest BCUT2D eigenvalue weighted by Gasteiger charge is -2.40. The van der Waals surface area contributed by atoms with Crippen LogP contribution in [0.15, 0.2) is 36.1 Å². The minimum atomic E-state index is -4.66. The van der Waals surface area contributed by atoms with E-state index < -0.39 is 30.5 Å². The van der Waals surface area contributed by atoms with Crippen molar-refractivity contribution in [1.29, 1.82) is 0 Å². The van der Waals surface area contributed by atoms with E-state index >= 15 is 0 Å². The molecular weight excluding hydrogens is 569 g/mol. The first-order valence-electron chi connectivity index (χ1n) is 16.1. The van der Waals surface area contributed by atoms with Crippen molar-refractivity contribution in [1.82, 2.24) is 20.9 Å². The van der Waals surface area contributed by atoms with E-state index in [9.17, 15) is 18.0 Å². The molecule has 1 aromatic carbocycles. The SMILES string of the molecule is CC=C=CC(CC(CC)N(CCC)CC(C)C)C1CCNC(Nc2cc(NC(=O)C3NC(C)OC3C(F)(F)F)ccc2C)N1. The molecule has 0 aromatic heterocycles. The molecule has 7 atom stereocenters. The monoisotopic (exact) mass is 622 g/mol. The summed E-state index contributed by atoms with van der Waals surface area (Å²) in [5, 5.41) is 16.0. The fourth-order valence-electron chi connectivity index (χ4n) is 6.19. The number of nitrogens with zero attached hydrogens (tertiary/aromatic N) is 1. The van der Waals surface area contributed by atoms with E-state index in [0.29, 0.717) is 17.6 Å². The zero-order chi connectivity index (χ0) is 32.4. The maximum atomic E-state index is 13.5. The summed E-state index contributed by atoms with van der Waals surface area (Å²) >= 11 is 0. The second-order valence-corrected chi connectivity index (χ2v) is 12.5. The van der Waals surface area contributed by atoms with Gasteiger partial charge in [0.25, 0.3) is 0 Å². The van der Waals surface area contributed by atoms with Crippen molar-refractivity contribution in [3.05, 3.63) is 41.6 Å². The summed E-state index contributed by atoms with van der Waals surface area (Å²) in [6.07, 6.45) is 0.393. The van der Waals surface area contributed by atoms with Gasteiger partial charge in [0.2, 0.25) is 5.91 Å². The Morgan fingerprint density at radius 3 is 2.64 bits per heavy atom. The highest BCUT2D eigenvalue weighted by Crippen LogP contribution is 2.31. The minimum Gasteiger partial charge on any atom is -0.357 e. The molecule has 0 bridgehead atoms. The second kappa shape index (κ2) is 16.8. The fourth-order valence-corrected chi connectivity index (χ4v) is 6.19. The number of carbonyl (C=O) groups excluding carboxylic acids is 1. The van der Waals surface area contributed by atoms with Crippen LogP contribution >= 0.6 is 0 Å². The quantitative estimate of drug-likeness (QED) is 0.169. The molecule has 1 amide bonds. The Morgan fingerprint density at radius 1 is 1.25 bits per heavy atom. The van der Waals surface area contributed by atoms with Crippen LogP contribution in [-0.2, 0) is 9.53 Å². The maximum Gasteiger partial charge on any atom is 0.416 e. The van der Waals surface area contributed by atoms with Crippen LogP contribution in [0.5, 0.6) is 0 Å². The van der Waals surface area contributed by atoms with Crippen LogP contribution in [0, 0.1) is 18.8 Å². The molecule has 2 heterocycles. The normalized spacial score (nSPS) is 25.4. The molecule has 11 heteroatoms. The molecule has 2 aliphatic rings. The zero-order valence-electron chi connectivity index (χ0n) is 27.4. The van der Waals surface area contributed by atoms with E-state index in [4.69, 9.17) is 4.74 Å². The van der Waals surface area contributed by atoms with Crippen molar-refractivity contribution in [3.63, 3.8) is 0 Å². The standard InChI is InChI=1S/C33H53F3N6O2/c1-8-11-12-24(18-26(10-3)42(17-9-2)20-21(4)5)27-15-16-37-32(40-27)41-28-19-25(14-13-22(28)6)39-31(43)29-30(33(34,35)36)44-23(7)38-29/h8,12-14,19,21,23-24,26-27,29-30,32,37-38,40-41H,9-10,15-18,20H2,1-7H3,(H,39,43). The lowest BCUT2D eigenvalue weighted by atomic mass is 9.87. The molecule has 248 valence electrons.